The maximum atomic E-state index is 15.6. The second kappa shape index (κ2) is 13.5. The van der Waals surface area contributed by atoms with Crippen LogP contribution in [0, 0.1) is 18.7 Å². The molecule has 2 heterocycles. The van der Waals surface area contributed by atoms with Gasteiger partial charge in [-0.3, -0.25) is 14.5 Å². The predicted molar refractivity (Wildman–Crippen MR) is 169 cm³/mol. The summed E-state index contributed by atoms with van der Waals surface area (Å²) in [7, 11) is 4.36. The highest BCUT2D eigenvalue weighted by Crippen LogP contribution is 2.40. The number of anilines is 1. The number of carbonyl (C=O) groups is 3. The first kappa shape index (κ1) is 32.4. The van der Waals surface area contributed by atoms with Crippen LogP contribution in [0.25, 0.3) is 22.3 Å². The van der Waals surface area contributed by atoms with E-state index in [1.807, 2.05) is 31.2 Å². The third-order valence-corrected chi connectivity index (χ3v) is 8.86. The molecule has 2 aliphatic rings. The average Bonchev–Trinajstić information content (AvgIpc) is 3.02. The van der Waals surface area contributed by atoms with E-state index in [1.165, 1.54) is 32.2 Å². The van der Waals surface area contributed by atoms with Gasteiger partial charge in [-0.25, -0.2) is 9.18 Å². The lowest BCUT2D eigenvalue weighted by Crippen LogP contribution is -2.56. The van der Waals surface area contributed by atoms with Crippen LogP contribution < -0.4 is 15.4 Å². The number of aliphatic hydroxyl groups is 1. The zero-order valence-corrected chi connectivity index (χ0v) is 26.3. The molecule has 0 spiro atoms. The van der Waals surface area contributed by atoms with E-state index in [9.17, 15) is 19.5 Å². The number of hydrogen-bond donors (Lipinski definition) is 3. The van der Waals surface area contributed by atoms with Gasteiger partial charge in [-0.15, -0.1) is 0 Å². The van der Waals surface area contributed by atoms with Gasteiger partial charge < -0.3 is 30.1 Å². The second-order valence-corrected chi connectivity index (χ2v) is 11.7. The number of hydrogen-bond acceptors (Lipinski definition) is 7. The van der Waals surface area contributed by atoms with Crippen molar-refractivity contribution < 1.29 is 33.4 Å². The van der Waals surface area contributed by atoms with Crippen LogP contribution in [0.15, 0.2) is 48.5 Å². The van der Waals surface area contributed by atoms with E-state index < -0.39 is 35.7 Å². The van der Waals surface area contributed by atoms with E-state index in [0.717, 1.165) is 21.6 Å². The van der Waals surface area contributed by atoms with Gasteiger partial charge in [0, 0.05) is 51.0 Å². The summed E-state index contributed by atoms with van der Waals surface area (Å²) in [6, 6.07) is 13.4. The number of urea groups is 1. The zero-order valence-electron chi connectivity index (χ0n) is 25.5. The van der Waals surface area contributed by atoms with Crippen molar-refractivity contribution in [3.63, 3.8) is 0 Å². The number of benzene rings is 3. The third kappa shape index (κ3) is 6.53. The number of rotatable bonds is 8. The molecular formula is C33H36ClFN4O6. The highest BCUT2D eigenvalue weighted by molar-refractivity contribution is 6.36. The standard InChI is InChI=1S/C33H36ClFN4O6/c1-18-20(19-13-25(35)23(29(14-19)44-4)15-36-26-11-12-45-17-28(26)40)7-5-8-21(18)22-9-6-10-27(30(22)34)37-31(41)24-16-38(2)33(43)39(3)32(24)42/h5-10,13-14,24,26,28,36,40H,11-12,15-17H2,1-4H3,(H,37,41)/t24?,26-,28+/m1/s1. The number of carbonyl (C=O) groups excluding carboxylic acids is 3. The smallest absolute Gasteiger partial charge is 0.326 e. The van der Waals surface area contributed by atoms with E-state index in [4.69, 9.17) is 21.1 Å². The number of amides is 4. The fraction of sp³-hybridized carbons (Fsp3) is 0.364. The van der Waals surface area contributed by atoms with E-state index >= 15 is 4.39 Å². The molecule has 238 valence electrons. The highest BCUT2D eigenvalue weighted by atomic mass is 35.5. The van der Waals surface area contributed by atoms with Gasteiger partial charge >= 0.3 is 6.03 Å². The summed E-state index contributed by atoms with van der Waals surface area (Å²) >= 11 is 6.83. The van der Waals surface area contributed by atoms with Crippen molar-refractivity contribution in [2.75, 3.05) is 46.3 Å². The Bertz CT molecular complexity index is 1630. The molecule has 5 rings (SSSR count). The summed E-state index contributed by atoms with van der Waals surface area (Å²) in [5.74, 6) is -2.30. The molecule has 0 radical (unpaired) electrons. The Morgan fingerprint density at radius 2 is 1.84 bits per heavy atom. The Hall–Kier alpha value is -4.03. The molecule has 12 heteroatoms. The molecular weight excluding hydrogens is 603 g/mol. The van der Waals surface area contributed by atoms with Crippen molar-refractivity contribution in [2.45, 2.75) is 32.0 Å². The van der Waals surface area contributed by atoms with Gasteiger partial charge in [0.25, 0.3) is 0 Å². The molecule has 3 atom stereocenters. The minimum atomic E-state index is -1.08. The Kier molecular flexibility index (Phi) is 9.73. The number of imide groups is 1. The second-order valence-electron chi connectivity index (χ2n) is 11.3. The van der Waals surface area contributed by atoms with Crippen LogP contribution in [0.3, 0.4) is 0 Å². The van der Waals surface area contributed by atoms with E-state index in [1.54, 1.807) is 18.2 Å². The van der Waals surface area contributed by atoms with Gasteiger partial charge in [0.05, 0.1) is 30.5 Å². The molecule has 1 unspecified atom stereocenters. The quantitative estimate of drug-likeness (QED) is 0.312. The molecule has 2 saturated heterocycles. The van der Waals surface area contributed by atoms with E-state index in [2.05, 4.69) is 10.6 Å². The molecule has 0 aliphatic carbocycles. The summed E-state index contributed by atoms with van der Waals surface area (Å²) in [6.07, 6.45) is -0.0447. The molecule has 2 fully saturated rings. The number of nitrogens with zero attached hydrogens (tertiary/aromatic N) is 2. The monoisotopic (exact) mass is 638 g/mol. The first-order valence-electron chi connectivity index (χ1n) is 14.6. The minimum Gasteiger partial charge on any atom is -0.496 e. The maximum absolute atomic E-state index is 15.6. The van der Waals surface area contributed by atoms with Gasteiger partial charge in [-0.1, -0.05) is 41.9 Å². The zero-order chi connectivity index (χ0) is 32.4. The average molecular weight is 639 g/mol. The van der Waals surface area contributed by atoms with Crippen molar-refractivity contribution in [2.24, 2.45) is 5.92 Å². The summed E-state index contributed by atoms with van der Waals surface area (Å²) in [5, 5.41) is 16.4. The van der Waals surface area contributed by atoms with Crippen LogP contribution in [0.5, 0.6) is 5.75 Å². The van der Waals surface area contributed by atoms with Crippen LogP contribution in [0.2, 0.25) is 5.02 Å². The third-order valence-electron chi connectivity index (χ3n) is 8.45. The fourth-order valence-electron chi connectivity index (χ4n) is 5.82. The maximum Gasteiger partial charge on any atom is 0.326 e. The number of aliphatic hydroxyl groups excluding tert-OH is 1. The predicted octanol–water partition coefficient (Wildman–Crippen LogP) is 4.45. The van der Waals surface area contributed by atoms with Crippen LogP contribution >= 0.6 is 11.6 Å². The van der Waals surface area contributed by atoms with Crippen LogP contribution in [-0.4, -0.2) is 85.9 Å². The van der Waals surface area contributed by atoms with Gasteiger partial charge in [0.1, 0.15) is 17.5 Å². The van der Waals surface area contributed by atoms with Gasteiger partial charge in [0.2, 0.25) is 11.8 Å². The summed E-state index contributed by atoms with van der Waals surface area (Å²) in [5.41, 5.74) is 4.28. The van der Waals surface area contributed by atoms with Crippen molar-refractivity contribution in [1.29, 1.82) is 0 Å². The number of halogens is 2. The largest absolute Gasteiger partial charge is 0.496 e. The van der Waals surface area contributed by atoms with Gasteiger partial charge in [-0.05, 0) is 53.8 Å². The molecule has 10 nitrogen and oxygen atoms in total. The van der Waals surface area contributed by atoms with Crippen molar-refractivity contribution >= 4 is 35.1 Å². The lowest BCUT2D eigenvalue weighted by Gasteiger charge is -2.33. The highest BCUT2D eigenvalue weighted by Gasteiger charge is 2.39. The Morgan fingerprint density at radius 3 is 2.58 bits per heavy atom. The Balaban J connectivity index is 1.41. The molecule has 0 bridgehead atoms. The molecule has 45 heavy (non-hydrogen) atoms. The van der Waals surface area contributed by atoms with Crippen LogP contribution in [-0.2, 0) is 20.9 Å². The van der Waals surface area contributed by atoms with Crippen molar-refractivity contribution in [3.8, 4) is 28.0 Å². The van der Waals surface area contributed by atoms with E-state index in [0.29, 0.717) is 41.2 Å². The summed E-state index contributed by atoms with van der Waals surface area (Å²) < 4.78 is 26.4. The SMILES string of the molecule is COc1cc(-c2cccc(-c3cccc(NC(=O)C4CN(C)C(=O)N(C)C4=O)c3Cl)c2C)cc(F)c1CN[C@@H]1CCOC[C@@H]1O. The van der Waals surface area contributed by atoms with Gasteiger partial charge in [0.15, 0.2) is 0 Å². The van der Waals surface area contributed by atoms with Crippen molar-refractivity contribution in [1.82, 2.24) is 15.1 Å². The minimum absolute atomic E-state index is 0.0430. The first-order chi connectivity index (χ1) is 21.5. The molecule has 3 aromatic carbocycles. The van der Waals surface area contributed by atoms with Crippen LogP contribution in [0.4, 0.5) is 14.9 Å². The van der Waals surface area contributed by atoms with E-state index in [-0.39, 0.29) is 30.8 Å². The Morgan fingerprint density at radius 1 is 1.13 bits per heavy atom. The molecule has 2 aliphatic heterocycles. The van der Waals surface area contributed by atoms with Crippen LogP contribution in [0.1, 0.15) is 17.5 Å². The number of ether oxygens (including phenoxy) is 2. The topological polar surface area (TPSA) is 120 Å². The fourth-order valence-corrected chi connectivity index (χ4v) is 6.10. The molecule has 4 amide bonds. The Labute approximate surface area is 266 Å². The van der Waals surface area contributed by atoms with Crippen molar-refractivity contribution in [3.05, 3.63) is 70.5 Å². The summed E-state index contributed by atoms with van der Waals surface area (Å²) in [6.45, 7) is 2.81. The lowest BCUT2D eigenvalue weighted by atomic mass is 9.91. The summed E-state index contributed by atoms with van der Waals surface area (Å²) in [4.78, 5) is 40.1. The molecule has 0 saturated carbocycles. The molecule has 3 N–H and O–H groups in total. The number of nitrogens with one attached hydrogen (secondary N) is 2. The lowest BCUT2D eigenvalue weighted by molar-refractivity contribution is -0.140. The molecule has 3 aromatic rings. The first-order valence-corrected chi connectivity index (χ1v) is 15.0. The van der Waals surface area contributed by atoms with Gasteiger partial charge in [-0.2, -0.15) is 0 Å². The molecule has 0 aromatic heterocycles. The normalized spacial score (nSPS) is 20.4. The number of methoxy groups -OCH3 is 1.